The van der Waals surface area contributed by atoms with Gasteiger partial charge in [-0.15, -0.1) is 0 Å². The van der Waals surface area contributed by atoms with Gasteiger partial charge in [-0.3, -0.25) is 4.79 Å². The van der Waals surface area contributed by atoms with Crippen molar-refractivity contribution < 1.29 is 23.9 Å². The summed E-state index contributed by atoms with van der Waals surface area (Å²) >= 11 is 0. The topological polar surface area (TPSA) is 76.1 Å². The molecule has 1 heterocycles. The first-order valence-electron chi connectivity index (χ1n) is 13.1. The molecule has 0 unspecified atom stereocenters. The number of hydrogen-bond acceptors (Lipinski definition) is 5. The molecular formula is C30H43NO5Si. The summed E-state index contributed by atoms with van der Waals surface area (Å²) in [5.74, 6) is -1.15. The average Bonchev–Trinajstić information content (AvgIpc) is 2.81. The number of benzene rings is 2. The molecule has 2 aromatic rings. The van der Waals surface area contributed by atoms with E-state index in [-0.39, 0.29) is 29.4 Å². The maximum Gasteiger partial charge on any atom is 0.410 e. The molecule has 0 aromatic heterocycles. The Morgan fingerprint density at radius 2 is 1.59 bits per heavy atom. The van der Waals surface area contributed by atoms with Crippen molar-refractivity contribution >= 4 is 20.4 Å². The Morgan fingerprint density at radius 1 is 0.973 bits per heavy atom. The fourth-order valence-corrected chi connectivity index (χ4v) is 5.92. The predicted molar refractivity (Wildman–Crippen MR) is 150 cm³/mol. The van der Waals surface area contributed by atoms with E-state index >= 15 is 0 Å². The van der Waals surface area contributed by atoms with Crippen LogP contribution in [0.1, 0.15) is 52.5 Å². The number of hydrogen-bond donors (Lipinski definition) is 1. The van der Waals surface area contributed by atoms with Crippen molar-refractivity contribution in [3.05, 3.63) is 60.2 Å². The van der Waals surface area contributed by atoms with Crippen LogP contribution in [0.5, 0.6) is 0 Å². The van der Waals surface area contributed by atoms with Gasteiger partial charge in [0.1, 0.15) is 5.60 Å². The molecule has 1 saturated heterocycles. The third-order valence-corrected chi connectivity index (χ3v) is 11.3. The van der Waals surface area contributed by atoms with Crippen LogP contribution < -0.4 is 0 Å². The van der Waals surface area contributed by atoms with E-state index in [1.165, 1.54) is 7.11 Å². The van der Waals surface area contributed by atoms with Gasteiger partial charge in [-0.25, -0.2) is 4.79 Å². The summed E-state index contributed by atoms with van der Waals surface area (Å²) in [6.45, 7) is 14.3. The van der Waals surface area contributed by atoms with Gasteiger partial charge in [0.2, 0.25) is 0 Å². The van der Waals surface area contributed by atoms with Crippen molar-refractivity contribution in [2.75, 3.05) is 20.2 Å². The molecule has 1 aliphatic heterocycles. The highest BCUT2D eigenvalue weighted by atomic mass is 28.4. The number of carbonyl (C=O) groups excluding carboxylic acids is 2. The minimum atomic E-state index is -2.56. The number of methoxy groups -OCH3 is 1. The van der Waals surface area contributed by atoms with Crippen molar-refractivity contribution in [1.29, 1.82) is 0 Å². The minimum absolute atomic E-state index is 0.0784. The molecule has 7 heteroatoms. The Bertz CT molecular complexity index is 1090. The molecule has 37 heavy (non-hydrogen) atoms. The maximum atomic E-state index is 13.2. The molecule has 1 fully saturated rings. The van der Waals surface area contributed by atoms with Crippen LogP contribution in [0, 0.1) is 11.8 Å². The van der Waals surface area contributed by atoms with Gasteiger partial charge in [-0.05, 0) is 67.9 Å². The van der Waals surface area contributed by atoms with Gasteiger partial charge in [0.15, 0.2) is 8.32 Å². The Balaban J connectivity index is 2.09. The zero-order chi connectivity index (χ0) is 27.6. The van der Waals surface area contributed by atoms with Gasteiger partial charge < -0.3 is 19.2 Å². The summed E-state index contributed by atoms with van der Waals surface area (Å²) in [6.07, 6.45) is 0.233. The van der Waals surface area contributed by atoms with Gasteiger partial charge in [-0.2, -0.15) is 0 Å². The van der Waals surface area contributed by atoms with E-state index in [4.69, 9.17) is 9.47 Å². The number of amides is 1. The van der Waals surface area contributed by atoms with Gasteiger partial charge in [0.05, 0.1) is 13.0 Å². The third kappa shape index (κ3) is 7.02. The summed E-state index contributed by atoms with van der Waals surface area (Å²) in [5, 5.41) is -0.343. The molecule has 3 rings (SSSR count). The first-order chi connectivity index (χ1) is 17.1. The lowest BCUT2D eigenvalue weighted by atomic mass is 9.70. The number of rotatable bonds is 6. The quantitative estimate of drug-likeness (QED) is 0.346. The van der Waals surface area contributed by atoms with Gasteiger partial charge in [-0.1, -0.05) is 68.4 Å². The normalized spacial score (nSPS) is 20.9. The van der Waals surface area contributed by atoms with Gasteiger partial charge in [0, 0.05) is 19.0 Å². The molecule has 1 aliphatic rings. The second-order valence-corrected chi connectivity index (χ2v) is 16.9. The van der Waals surface area contributed by atoms with E-state index in [0.717, 1.165) is 16.7 Å². The first-order valence-corrected chi connectivity index (χ1v) is 16.0. The van der Waals surface area contributed by atoms with Crippen molar-refractivity contribution in [2.24, 2.45) is 11.8 Å². The van der Waals surface area contributed by atoms with Crippen LogP contribution in [0.25, 0.3) is 11.1 Å². The molecule has 1 N–H and O–H groups in total. The molecule has 0 radical (unpaired) electrons. The molecule has 202 valence electrons. The maximum absolute atomic E-state index is 13.2. The Hall–Kier alpha value is -2.64. The monoisotopic (exact) mass is 525 g/mol. The summed E-state index contributed by atoms with van der Waals surface area (Å²) < 4.78 is 11.0. The highest BCUT2D eigenvalue weighted by Crippen LogP contribution is 2.49. The zero-order valence-corrected chi connectivity index (χ0v) is 24.6. The molecule has 0 aliphatic carbocycles. The number of likely N-dealkylation sites (tertiary alicyclic amines) is 1. The summed E-state index contributed by atoms with van der Waals surface area (Å²) in [7, 11) is -1.16. The van der Waals surface area contributed by atoms with Crippen LogP contribution >= 0.6 is 0 Å². The Morgan fingerprint density at radius 3 is 2.16 bits per heavy atom. The lowest BCUT2D eigenvalue weighted by molar-refractivity contribution is -0.149. The van der Waals surface area contributed by atoms with E-state index in [0.29, 0.717) is 13.0 Å². The minimum Gasteiger partial charge on any atom is -0.469 e. The SMILES string of the molecule is COC(=O)[C@H]1CN(C(=O)OC(C)(C)C)C[C@@H](CC(C)(C)[Si](C)(C)O)[C@@H]1c1cccc(-c2ccccc2)c1. The molecular weight excluding hydrogens is 482 g/mol. The van der Waals surface area contributed by atoms with Crippen LogP contribution in [0.4, 0.5) is 4.79 Å². The Kier molecular flexibility index (Phi) is 8.59. The largest absolute Gasteiger partial charge is 0.469 e. The van der Waals surface area contributed by atoms with Crippen LogP contribution in [0.3, 0.4) is 0 Å². The van der Waals surface area contributed by atoms with Crippen LogP contribution in [-0.4, -0.2) is 55.9 Å². The molecule has 6 nitrogen and oxygen atoms in total. The van der Waals surface area contributed by atoms with E-state index in [2.05, 4.69) is 44.2 Å². The average molecular weight is 526 g/mol. The Labute approximate surface area is 223 Å². The molecule has 0 spiro atoms. The molecule has 1 amide bonds. The lowest BCUT2D eigenvalue weighted by Crippen LogP contribution is -2.53. The number of nitrogens with zero attached hydrogens (tertiary/aromatic N) is 1. The van der Waals surface area contributed by atoms with Gasteiger partial charge in [0.25, 0.3) is 0 Å². The zero-order valence-electron chi connectivity index (χ0n) is 23.6. The summed E-state index contributed by atoms with van der Waals surface area (Å²) in [6, 6.07) is 18.5. The van der Waals surface area contributed by atoms with E-state index in [1.807, 2.05) is 58.1 Å². The van der Waals surface area contributed by atoms with Gasteiger partial charge >= 0.3 is 12.1 Å². The second-order valence-electron chi connectivity index (χ2n) is 12.4. The fourth-order valence-electron chi connectivity index (χ4n) is 5.16. The lowest BCUT2D eigenvalue weighted by Gasteiger charge is -2.47. The third-order valence-electron chi connectivity index (χ3n) is 7.78. The molecule has 2 aromatic carbocycles. The van der Waals surface area contributed by atoms with Crippen LogP contribution in [-0.2, 0) is 14.3 Å². The molecule has 0 saturated carbocycles. The fraction of sp³-hybridized carbons (Fsp3) is 0.533. The predicted octanol–water partition coefficient (Wildman–Crippen LogP) is 6.46. The smallest absolute Gasteiger partial charge is 0.410 e. The first kappa shape index (κ1) is 28.9. The van der Waals surface area contributed by atoms with E-state index in [1.54, 1.807) is 4.90 Å². The number of ether oxygens (including phenoxy) is 2. The van der Waals surface area contributed by atoms with E-state index < -0.39 is 25.9 Å². The standard InChI is InChI=1S/C30H43NO5Si/c1-29(2,3)36-28(33)31-19-24(18-30(4,5)37(7,8)34)26(25(20-31)27(32)35-6)23-16-12-15-22(17-23)21-13-10-9-11-14-21/h9-17,24-26,34H,18-20H2,1-8H3/t24-,25+,26+/m1/s1. The molecule has 3 atom stereocenters. The molecule has 0 bridgehead atoms. The van der Waals surface area contributed by atoms with Crippen LogP contribution in [0.15, 0.2) is 54.6 Å². The van der Waals surface area contributed by atoms with Crippen molar-refractivity contribution in [3.63, 3.8) is 0 Å². The highest BCUT2D eigenvalue weighted by Gasteiger charge is 2.48. The highest BCUT2D eigenvalue weighted by molar-refractivity contribution is 6.72. The van der Waals surface area contributed by atoms with Crippen molar-refractivity contribution in [3.8, 4) is 11.1 Å². The van der Waals surface area contributed by atoms with Crippen LogP contribution in [0.2, 0.25) is 18.1 Å². The number of esters is 1. The number of carbonyl (C=O) groups is 2. The number of piperidine rings is 1. The van der Waals surface area contributed by atoms with Crippen molar-refractivity contribution in [1.82, 2.24) is 4.90 Å². The van der Waals surface area contributed by atoms with E-state index in [9.17, 15) is 14.4 Å². The summed E-state index contributed by atoms with van der Waals surface area (Å²) in [5.41, 5.74) is 2.57. The second kappa shape index (κ2) is 11.0. The summed E-state index contributed by atoms with van der Waals surface area (Å²) in [4.78, 5) is 39.2. The van der Waals surface area contributed by atoms with Crippen molar-refractivity contribution in [2.45, 2.75) is 70.7 Å².